The van der Waals surface area contributed by atoms with Gasteiger partial charge in [-0.05, 0) is 0 Å². The second-order valence-electron chi connectivity index (χ2n) is 0. The van der Waals surface area contributed by atoms with Crippen molar-refractivity contribution >= 4 is 20.3 Å². The molecular weight excluding hydrogens is 246 g/mol. The zero-order valence-corrected chi connectivity index (χ0v) is 6.09. The van der Waals surface area contributed by atoms with Crippen LogP contribution in [0.5, 0.6) is 0 Å². The molecule has 0 unspecified atom stereocenters. The Labute approximate surface area is 55.1 Å². The molecule has 0 saturated carbocycles. The number of hydrogen-bond acceptors (Lipinski definition) is 0. The van der Waals surface area contributed by atoms with Gasteiger partial charge in [0.2, 0.25) is 0 Å². The van der Waals surface area contributed by atoms with Crippen LogP contribution in [0.4, 0.5) is 0 Å². The fraction of sp³-hybridized carbons (Fsp3) is 0. The van der Waals surface area contributed by atoms with Crippen LogP contribution in [-0.2, 0) is 12.8 Å². The van der Waals surface area contributed by atoms with Gasteiger partial charge in [-0.25, -0.2) is 0 Å². The average molecular weight is 254 g/mol. The van der Waals surface area contributed by atoms with Crippen molar-refractivity contribution in [3.63, 3.8) is 0 Å². The van der Waals surface area contributed by atoms with Crippen molar-refractivity contribution in [1.82, 2.24) is 0 Å². The Morgan fingerprint density at radius 3 is 0.667 bits per heavy atom. The fourth-order valence-electron chi connectivity index (χ4n) is 0. The molecule has 0 saturated heterocycles. The van der Waals surface area contributed by atoms with E-state index in [2.05, 4.69) is 12.8 Å². The van der Waals surface area contributed by atoms with E-state index in [0.717, 1.165) is 0 Å². The third-order valence-corrected chi connectivity index (χ3v) is 0. The van der Waals surface area contributed by atoms with Gasteiger partial charge in [0.25, 0.3) is 0 Å². The molecule has 0 spiro atoms. The summed E-state index contributed by atoms with van der Waals surface area (Å²) in [6.45, 7) is 0. The van der Waals surface area contributed by atoms with E-state index in [1.807, 2.05) is 20.3 Å². The summed E-state index contributed by atoms with van der Waals surface area (Å²) in [5.41, 5.74) is 0. The van der Waals surface area contributed by atoms with Crippen LogP contribution in [0.2, 0.25) is 0 Å². The Bertz CT molecular complexity index is 7.51. The third-order valence-electron chi connectivity index (χ3n) is 0. The van der Waals surface area contributed by atoms with Gasteiger partial charge < -0.3 is 21.9 Å². The van der Waals surface area contributed by atoms with Crippen LogP contribution in [0.25, 0.3) is 0 Å². The summed E-state index contributed by atoms with van der Waals surface area (Å²) in [6.07, 6.45) is 0. The Hall–Kier alpha value is 1.09. The van der Waals surface area contributed by atoms with Crippen LogP contribution in [0.15, 0.2) is 0 Å². The minimum atomic E-state index is 0. The van der Waals surface area contributed by atoms with Crippen LogP contribution in [-0.4, -0.2) is 21.9 Å². The van der Waals surface area contributed by atoms with Crippen molar-refractivity contribution in [2.45, 2.75) is 0 Å². The summed E-state index contributed by atoms with van der Waals surface area (Å²) in [5, 5.41) is 0. The van der Waals surface area contributed by atoms with Crippen molar-refractivity contribution in [2.75, 3.05) is 0 Å². The molecule has 0 aromatic heterocycles. The van der Waals surface area contributed by atoms with E-state index >= 15 is 0 Å². The summed E-state index contributed by atoms with van der Waals surface area (Å²) in [6, 6.07) is 0. The van der Waals surface area contributed by atoms with Gasteiger partial charge in [-0.3, -0.25) is 0 Å². The van der Waals surface area contributed by atoms with E-state index in [9.17, 15) is 0 Å². The molecule has 46 valence electrons. The predicted octanol–water partition coefficient (Wildman–Crippen LogP) is -2.42. The molecule has 0 radical (unpaired) electrons. The molecule has 0 aliphatic rings. The first-order valence-corrected chi connectivity index (χ1v) is 3.95. The SMILES string of the molecule is O.O.O.O.[Mn][I]. The first-order valence-electron chi connectivity index (χ1n) is 0.143. The van der Waals surface area contributed by atoms with Gasteiger partial charge in [-0.15, -0.1) is 0 Å². The maximum atomic E-state index is 2.91. The molecule has 4 nitrogen and oxygen atoms in total. The Morgan fingerprint density at radius 2 is 0.667 bits per heavy atom. The molecule has 0 aliphatic heterocycles. The van der Waals surface area contributed by atoms with Crippen molar-refractivity contribution in [3.8, 4) is 0 Å². The van der Waals surface area contributed by atoms with Gasteiger partial charge in [0.15, 0.2) is 0 Å². The predicted molar refractivity (Wildman–Crippen MR) is 28.5 cm³/mol. The van der Waals surface area contributed by atoms with Crippen LogP contribution in [0.1, 0.15) is 0 Å². The van der Waals surface area contributed by atoms with E-state index in [4.69, 9.17) is 0 Å². The van der Waals surface area contributed by atoms with Gasteiger partial charge in [0.1, 0.15) is 0 Å². The van der Waals surface area contributed by atoms with Gasteiger partial charge in [0, 0.05) is 0 Å². The molecule has 6 heteroatoms. The topological polar surface area (TPSA) is 126 Å². The molecule has 0 aromatic carbocycles. The van der Waals surface area contributed by atoms with Crippen LogP contribution in [0.3, 0.4) is 0 Å². The van der Waals surface area contributed by atoms with Gasteiger partial charge in [-0.2, -0.15) is 0 Å². The first kappa shape index (κ1) is 60.2. The van der Waals surface area contributed by atoms with Crippen LogP contribution >= 0.6 is 20.3 Å². The zero-order chi connectivity index (χ0) is 2.00. The van der Waals surface area contributed by atoms with E-state index in [-0.39, 0.29) is 21.9 Å². The molecule has 0 heterocycles. The van der Waals surface area contributed by atoms with Crippen LogP contribution < -0.4 is 0 Å². The summed E-state index contributed by atoms with van der Waals surface area (Å²) >= 11 is 4.87. The normalized spacial score (nSPS) is 1.00. The molecular formula is H8IMnO4. The molecule has 0 bridgehead atoms. The second kappa shape index (κ2) is 133. The Morgan fingerprint density at radius 1 is 0.667 bits per heavy atom. The summed E-state index contributed by atoms with van der Waals surface area (Å²) in [4.78, 5) is 0. The van der Waals surface area contributed by atoms with Crippen LogP contribution in [0, 0.1) is 0 Å². The van der Waals surface area contributed by atoms with E-state index in [1.54, 1.807) is 0 Å². The third kappa shape index (κ3) is 71.7. The molecule has 0 rings (SSSR count). The summed E-state index contributed by atoms with van der Waals surface area (Å²) in [7, 11) is 0. The standard InChI is InChI=1S/HI.Mn.4H2O/h1H;;4*1H2/q;+1;;;;/p-1. The molecule has 6 heavy (non-hydrogen) atoms. The number of halogens is 1. The second-order valence-corrected chi connectivity index (χ2v) is 0. The molecule has 8 N–H and O–H groups in total. The van der Waals surface area contributed by atoms with Gasteiger partial charge in [-0.1, -0.05) is 0 Å². The molecule has 0 aliphatic carbocycles. The average Bonchev–Trinajstić information content (AvgIpc) is 1.00. The number of hydrogen-bond donors (Lipinski definition) is 0. The molecule has 0 fully saturated rings. The number of rotatable bonds is 0. The van der Waals surface area contributed by atoms with Gasteiger partial charge in [0.05, 0.1) is 0 Å². The summed E-state index contributed by atoms with van der Waals surface area (Å²) < 4.78 is 0. The molecule has 0 atom stereocenters. The van der Waals surface area contributed by atoms with Crippen molar-refractivity contribution in [2.24, 2.45) is 0 Å². The fourth-order valence-corrected chi connectivity index (χ4v) is 0. The van der Waals surface area contributed by atoms with Crippen molar-refractivity contribution in [3.05, 3.63) is 0 Å². The Balaban J connectivity index is -0.000000000833. The van der Waals surface area contributed by atoms with Crippen molar-refractivity contribution in [1.29, 1.82) is 0 Å². The van der Waals surface area contributed by atoms with Gasteiger partial charge >= 0.3 is 33.1 Å². The molecule has 0 aromatic rings. The maximum absolute atomic E-state index is 2.91. The molecule has 0 amide bonds. The van der Waals surface area contributed by atoms with E-state index in [1.165, 1.54) is 0 Å². The summed E-state index contributed by atoms with van der Waals surface area (Å²) in [5.74, 6) is 0. The first-order chi connectivity index (χ1) is 1.00. The zero-order valence-electron chi connectivity index (χ0n) is 2.76. The van der Waals surface area contributed by atoms with Crippen molar-refractivity contribution < 1.29 is 34.7 Å². The quantitative estimate of drug-likeness (QED) is 0.337. The minimum absolute atomic E-state index is 0. The monoisotopic (exact) mass is 254 g/mol. The van der Waals surface area contributed by atoms with E-state index in [0.29, 0.717) is 0 Å². The van der Waals surface area contributed by atoms with E-state index < -0.39 is 0 Å². The Kier molecular flexibility index (Phi) is 1330.